The average molecular weight is 628 g/mol. The van der Waals surface area contributed by atoms with E-state index in [1.54, 1.807) is 11.6 Å². The van der Waals surface area contributed by atoms with E-state index in [1.807, 2.05) is 0 Å². The monoisotopic (exact) mass is 626 g/mol. The number of nitrogens with one attached hydrogen (secondary N) is 1. The van der Waals surface area contributed by atoms with Crippen LogP contribution in [0.15, 0.2) is 24.5 Å². The number of aromatic nitrogens is 2. The highest BCUT2D eigenvalue weighted by molar-refractivity contribution is 6.45. The van der Waals surface area contributed by atoms with Gasteiger partial charge in [-0.2, -0.15) is 0 Å². The fraction of sp³-hybridized carbons (Fsp3) is 0.600. The van der Waals surface area contributed by atoms with Gasteiger partial charge >= 0.3 is 7.05 Å². The number of nitrogens with zero attached hydrogens (tertiary/aromatic N) is 3. The van der Waals surface area contributed by atoms with Crippen LogP contribution >= 0.6 is 35.6 Å². The molecular formula is C25H36BCl3F2N4O5. The number of pyridine rings is 2. The SMILES string of the molecule is CB(O)N1CCC(F)(c2ncc([C@H](O)CO)cc2Cl)CC1.Cl.OC[C@@H](O)c1cnc(C2(F)CCNCC2)c(Cl)c1. The Hall–Kier alpha value is -1.19. The van der Waals surface area contributed by atoms with E-state index in [-0.39, 0.29) is 46.7 Å². The summed E-state index contributed by atoms with van der Waals surface area (Å²) in [5.41, 5.74) is -2.01. The lowest BCUT2D eigenvalue weighted by Gasteiger charge is -2.37. The molecule has 4 rings (SSSR count). The minimum Gasteiger partial charge on any atom is -0.437 e. The molecule has 224 valence electrons. The maximum absolute atomic E-state index is 15.0. The first-order valence-electron chi connectivity index (χ1n) is 12.8. The number of hydrogen-bond acceptors (Lipinski definition) is 9. The highest BCUT2D eigenvalue weighted by Gasteiger charge is 2.40. The van der Waals surface area contributed by atoms with Gasteiger partial charge in [0.15, 0.2) is 11.3 Å². The van der Waals surface area contributed by atoms with Crippen LogP contribution in [0.3, 0.4) is 0 Å². The molecule has 2 aliphatic heterocycles. The Morgan fingerprint density at radius 1 is 0.900 bits per heavy atom. The van der Waals surface area contributed by atoms with E-state index in [0.717, 1.165) is 0 Å². The zero-order chi connectivity index (χ0) is 28.8. The molecule has 15 heteroatoms. The average Bonchev–Trinajstić information content (AvgIpc) is 2.92. The van der Waals surface area contributed by atoms with Gasteiger partial charge in [-0.3, -0.25) is 9.97 Å². The lowest BCUT2D eigenvalue weighted by atomic mass is 9.79. The van der Waals surface area contributed by atoms with Crippen molar-refractivity contribution in [2.45, 2.75) is 56.1 Å². The quantitative estimate of drug-likeness (QED) is 0.256. The van der Waals surface area contributed by atoms with Gasteiger partial charge in [0.25, 0.3) is 0 Å². The van der Waals surface area contributed by atoms with Gasteiger partial charge in [-0.05, 0) is 70.8 Å². The molecule has 40 heavy (non-hydrogen) atoms. The summed E-state index contributed by atoms with van der Waals surface area (Å²) >= 11 is 12.1. The maximum Gasteiger partial charge on any atom is 0.376 e. The molecule has 4 heterocycles. The van der Waals surface area contributed by atoms with Crippen LogP contribution in [0.5, 0.6) is 0 Å². The van der Waals surface area contributed by atoms with Crippen molar-refractivity contribution in [3.05, 3.63) is 57.1 Å². The molecule has 6 N–H and O–H groups in total. The molecule has 2 saturated heterocycles. The van der Waals surface area contributed by atoms with E-state index >= 15 is 4.39 Å². The van der Waals surface area contributed by atoms with Crippen LogP contribution in [0.2, 0.25) is 16.9 Å². The number of aliphatic hydroxyl groups is 4. The number of aliphatic hydroxyl groups excluding tert-OH is 4. The van der Waals surface area contributed by atoms with E-state index in [2.05, 4.69) is 15.3 Å². The molecule has 2 fully saturated rings. The van der Waals surface area contributed by atoms with Gasteiger partial charge < -0.3 is 35.6 Å². The molecule has 0 unspecified atom stereocenters. The van der Waals surface area contributed by atoms with Crippen molar-refractivity contribution < 1.29 is 34.2 Å². The van der Waals surface area contributed by atoms with E-state index in [1.165, 1.54) is 24.5 Å². The summed E-state index contributed by atoms with van der Waals surface area (Å²) in [4.78, 5) is 9.88. The van der Waals surface area contributed by atoms with E-state index in [9.17, 15) is 19.6 Å². The number of hydrogen-bond donors (Lipinski definition) is 6. The lowest BCUT2D eigenvalue weighted by Crippen LogP contribution is -2.47. The molecule has 2 aromatic rings. The fourth-order valence-corrected chi connectivity index (χ4v) is 5.38. The van der Waals surface area contributed by atoms with Gasteiger partial charge in [0.2, 0.25) is 0 Å². The second-order valence-electron chi connectivity index (χ2n) is 9.94. The first-order valence-corrected chi connectivity index (χ1v) is 13.6. The molecular weight excluding hydrogens is 591 g/mol. The van der Waals surface area contributed by atoms with Crippen molar-refractivity contribution in [3.8, 4) is 0 Å². The first kappa shape index (κ1) is 35.0. The standard InChI is InChI=1S/C13H19BClFN2O3.C12H16ClFN2O2.ClH/c1-14(21)18-4-2-13(16,3-5-18)12-10(15)6-9(7-17-12)11(20)8-19;13-9-5-8(10(18)7-17)6-16-11(9)12(14)1-3-15-4-2-12;/h6-7,11,19-21H,2-5,8H2,1H3;5-6,10,15,17-18H,1-4,7H2;1H/t11-;10-;/m11./s1. The summed E-state index contributed by atoms with van der Waals surface area (Å²) in [5, 5.41) is 49.7. The summed E-state index contributed by atoms with van der Waals surface area (Å²) in [7, 11) is -0.597. The largest absolute Gasteiger partial charge is 0.437 e. The number of alkyl halides is 2. The van der Waals surface area contributed by atoms with Gasteiger partial charge in [-0.25, -0.2) is 8.78 Å². The normalized spacial score (nSPS) is 19.9. The molecule has 2 atom stereocenters. The van der Waals surface area contributed by atoms with Crippen molar-refractivity contribution in [1.29, 1.82) is 0 Å². The maximum atomic E-state index is 15.0. The minimum atomic E-state index is -1.63. The van der Waals surface area contributed by atoms with Crippen molar-refractivity contribution in [2.75, 3.05) is 39.4 Å². The Morgan fingerprint density at radius 3 is 1.65 bits per heavy atom. The van der Waals surface area contributed by atoms with Crippen LogP contribution < -0.4 is 5.32 Å². The molecule has 0 aromatic carbocycles. The summed E-state index contributed by atoms with van der Waals surface area (Å²) < 4.78 is 29.7. The smallest absolute Gasteiger partial charge is 0.376 e. The zero-order valence-electron chi connectivity index (χ0n) is 22.1. The Kier molecular flexibility index (Phi) is 13.4. The predicted molar refractivity (Wildman–Crippen MR) is 152 cm³/mol. The molecule has 0 radical (unpaired) electrons. The van der Waals surface area contributed by atoms with Crippen molar-refractivity contribution >= 4 is 42.7 Å². The summed E-state index contributed by atoms with van der Waals surface area (Å²) in [5.74, 6) is 0. The molecule has 9 nitrogen and oxygen atoms in total. The van der Waals surface area contributed by atoms with Crippen molar-refractivity contribution in [3.63, 3.8) is 0 Å². The second kappa shape index (κ2) is 15.3. The third-order valence-corrected chi connectivity index (χ3v) is 7.78. The zero-order valence-corrected chi connectivity index (χ0v) is 24.4. The van der Waals surface area contributed by atoms with Gasteiger partial charge in [0, 0.05) is 23.5 Å². The van der Waals surface area contributed by atoms with E-state index in [0.29, 0.717) is 50.1 Å². The van der Waals surface area contributed by atoms with Crippen LogP contribution in [-0.4, -0.2) is 86.7 Å². The molecule has 0 bridgehead atoms. The van der Waals surface area contributed by atoms with E-state index < -0.39 is 43.8 Å². The number of piperidine rings is 2. The third-order valence-electron chi connectivity index (χ3n) is 7.20. The number of halogens is 5. The van der Waals surface area contributed by atoms with Crippen LogP contribution in [0, 0.1) is 0 Å². The Labute approximate surface area is 249 Å². The predicted octanol–water partition coefficient (Wildman–Crippen LogP) is 2.86. The minimum absolute atomic E-state index is 0. The van der Waals surface area contributed by atoms with Gasteiger partial charge in [0.1, 0.15) is 12.2 Å². The summed E-state index contributed by atoms with van der Waals surface area (Å²) in [6.07, 6.45) is 1.67. The highest BCUT2D eigenvalue weighted by Crippen LogP contribution is 2.40. The van der Waals surface area contributed by atoms with Crippen molar-refractivity contribution in [2.24, 2.45) is 0 Å². The molecule has 2 aromatic heterocycles. The van der Waals surface area contributed by atoms with Gasteiger partial charge in [-0.15, -0.1) is 12.4 Å². The molecule has 0 aliphatic carbocycles. The third kappa shape index (κ3) is 8.44. The van der Waals surface area contributed by atoms with E-state index in [4.69, 9.17) is 33.4 Å². The Morgan fingerprint density at radius 2 is 1.30 bits per heavy atom. The topological polar surface area (TPSA) is 142 Å². The van der Waals surface area contributed by atoms with Crippen molar-refractivity contribution in [1.82, 2.24) is 20.1 Å². The lowest BCUT2D eigenvalue weighted by molar-refractivity contribution is 0.0758. The fourth-order valence-electron chi connectivity index (χ4n) is 4.69. The highest BCUT2D eigenvalue weighted by atomic mass is 35.5. The number of rotatable bonds is 7. The molecule has 2 aliphatic rings. The van der Waals surface area contributed by atoms with Crippen LogP contribution in [0.4, 0.5) is 8.78 Å². The molecule has 0 amide bonds. The summed E-state index contributed by atoms with van der Waals surface area (Å²) in [6, 6.07) is 2.90. The first-order chi connectivity index (χ1) is 18.4. The Balaban J connectivity index is 0.000000276. The second-order valence-corrected chi connectivity index (χ2v) is 10.8. The van der Waals surface area contributed by atoms with Gasteiger partial charge in [-0.1, -0.05) is 23.2 Å². The summed E-state index contributed by atoms with van der Waals surface area (Å²) in [6.45, 7) is 2.83. The Bertz CT molecular complexity index is 1100. The van der Waals surface area contributed by atoms with Crippen LogP contribution in [0.1, 0.15) is 60.4 Å². The van der Waals surface area contributed by atoms with Crippen LogP contribution in [0.25, 0.3) is 0 Å². The van der Waals surface area contributed by atoms with Crippen LogP contribution in [-0.2, 0) is 11.3 Å². The molecule has 0 saturated carbocycles. The van der Waals surface area contributed by atoms with Gasteiger partial charge in [0.05, 0.1) is 34.6 Å². The molecule has 0 spiro atoms.